The molecular formula is C16H6Cl2F2O3. The molecule has 3 rings (SSSR count). The van der Waals surface area contributed by atoms with E-state index in [4.69, 9.17) is 27.6 Å². The second-order valence-corrected chi connectivity index (χ2v) is 5.45. The number of hydrogen-bond acceptors (Lipinski definition) is 3. The fourth-order valence-corrected chi connectivity index (χ4v) is 2.54. The van der Waals surface area contributed by atoms with Gasteiger partial charge in [0.2, 0.25) is 5.43 Å². The van der Waals surface area contributed by atoms with Gasteiger partial charge in [-0.2, -0.15) is 0 Å². The Morgan fingerprint density at radius 1 is 1.09 bits per heavy atom. The average Bonchev–Trinajstić information content (AvgIpc) is 2.48. The van der Waals surface area contributed by atoms with Crippen LogP contribution in [-0.2, 0) is 0 Å². The van der Waals surface area contributed by atoms with Crippen LogP contribution in [0.4, 0.5) is 8.78 Å². The Kier molecular flexibility index (Phi) is 3.92. The van der Waals surface area contributed by atoms with E-state index in [-0.39, 0.29) is 21.6 Å². The summed E-state index contributed by atoms with van der Waals surface area (Å²) in [4.78, 5) is 24.1. The first kappa shape index (κ1) is 15.6. The zero-order chi connectivity index (χ0) is 16.7. The molecule has 3 aromatic rings. The molecule has 0 saturated heterocycles. The van der Waals surface area contributed by atoms with E-state index < -0.39 is 33.6 Å². The van der Waals surface area contributed by atoms with Gasteiger partial charge < -0.3 is 4.42 Å². The van der Waals surface area contributed by atoms with Crippen LogP contribution in [0.5, 0.6) is 0 Å². The van der Waals surface area contributed by atoms with Crippen LogP contribution in [0.3, 0.4) is 0 Å². The summed E-state index contributed by atoms with van der Waals surface area (Å²) in [7, 11) is 0. The number of fused-ring (bicyclic) bond motifs is 1. The molecule has 7 heteroatoms. The maximum absolute atomic E-state index is 14.0. The zero-order valence-corrected chi connectivity index (χ0v) is 12.7. The molecular weight excluding hydrogens is 349 g/mol. The van der Waals surface area contributed by atoms with Crippen LogP contribution in [0, 0.1) is 11.6 Å². The standard InChI is InChI=1S/C16H6Cl2F2O3/c17-7-1-3-9-12(5-7)23-15(13(14(9)21)16(18)22)10-6-8(19)2-4-11(10)20/h1-6H. The molecule has 0 N–H and O–H groups in total. The summed E-state index contributed by atoms with van der Waals surface area (Å²) >= 11 is 11.3. The maximum Gasteiger partial charge on any atom is 0.260 e. The van der Waals surface area contributed by atoms with Crippen LogP contribution < -0.4 is 5.43 Å². The number of halogens is 4. The third kappa shape index (κ3) is 2.73. The van der Waals surface area contributed by atoms with Crippen molar-refractivity contribution >= 4 is 39.4 Å². The fraction of sp³-hybridized carbons (Fsp3) is 0. The Bertz CT molecular complexity index is 1010. The van der Waals surface area contributed by atoms with Gasteiger partial charge in [-0.1, -0.05) is 11.6 Å². The van der Waals surface area contributed by atoms with Crippen LogP contribution in [0.1, 0.15) is 10.4 Å². The normalized spacial score (nSPS) is 11.0. The number of rotatable bonds is 2. The minimum absolute atomic E-state index is 0.0304. The molecule has 0 amide bonds. The van der Waals surface area contributed by atoms with E-state index >= 15 is 0 Å². The molecule has 0 unspecified atom stereocenters. The Morgan fingerprint density at radius 2 is 1.83 bits per heavy atom. The molecule has 1 heterocycles. The van der Waals surface area contributed by atoms with Gasteiger partial charge >= 0.3 is 0 Å². The predicted octanol–water partition coefficient (Wildman–Crippen LogP) is 4.77. The van der Waals surface area contributed by atoms with Gasteiger partial charge in [-0.05, 0) is 41.9 Å². The first-order valence-electron chi connectivity index (χ1n) is 6.30. The minimum Gasteiger partial charge on any atom is -0.455 e. The van der Waals surface area contributed by atoms with Gasteiger partial charge in [0.15, 0.2) is 5.76 Å². The predicted molar refractivity (Wildman–Crippen MR) is 83.0 cm³/mol. The lowest BCUT2D eigenvalue weighted by atomic mass is 10.0. The summed E-state index contributed by atoms with van der Waals surface area (Å²) in [6.07, 6.45) is 0. The SMILES string of the molecule is O=C(Cl)c1c(-c2cc(F)ccc2F)oc2cc(Cl)ccc2c1=O. The Balaban J connectivity index is 2.48. The van der Waals surface area contributed by atoms with E-state index in [1.54, 1.807) is 0 Å². The largest absolute Gasteiger partial charge is 0.455 e. The molecule has 0 saturated carbocycles. The number of carbonyl (C=O) groups is 1. The molecule has 0 bridgehead atoms. The van der Waals surface area contributed by atoms with Crippen molar-refractivity contribution in [3.8, 4) is 11.3 Å². The third-order valence-corrected chi connectivity index (χ3v) is 3.65. The second-order valence-electron chi connectivity index (χ2n) is 4.67. The Morgan fingerprint density at radius 3 is 2.52 bits per heavy atom. The molecule has 0 radical (unpaired) electrons. The Hall–Kier alpha value is -2.24. The van der Waals surface area contributed by atoms with Crippen LogP contribution in [0.2, 0.25) is 5.02 Å². The molecule has 23 heavy (non-hydrogen) atoms. The molecule has 0 atom stereocenters. The molecule has 0 fully saturated rings. The highest BCUT2D eigenvalue weighted by atomic mass is 35.5. The van der Waals surface area contributed by atoms with Gasteiger partial charge in [-0.25, -0.2) is 8.78 Å². The molecule has 0 aliphatic rings. The molecule has 0 aliphatic heterocycles. The van der Waals surface area contributed by atoms with Crippen molar-refractivity contribution in [3.63, 3.8) is 0 Å². The third-order valence-electron chi connectivity index (χ3n) is 3.22. The van der Waals surface area contributed by atoms with E-state index in [0.717, 1.165) is 18.2 Å². The average molecular weight is 355 g/mol. The lowest BCUT2D eigenvalue weighted by molar-refractivity contribution is 0.108. The van der Waals surface area contributed by atoms with Crippen molar-refractivity contribution < 1.29 is 18.0 Å². The van der Waals surface area contributed by atoms with E-state index in [0.29, 0.717) is 0 Å². The first-order chi connectivity index (χ1) is 10.9. The summed E-state index contributed by atoms with van der Waals surface area (Å²) in [6, 6.07) is 6.70. The van der Waals surface area contributed by atoms with Gasteiger partial charge in [0.1, 0.15) is 22.8 Å². The summed E-state index contributed by atoms with van der Waals surface area (Å²) in [5, 5.41) is -0.801. The summed E-state index contributed by atoms with van der Waals surface area (Å²) in [6.45, 7) is 0. The lowest BCUT2D eigenvalue weighted by Crippen LogP contribution is -2.14. The molecule has 0 spiro atoms. The number of carbonyl (C=O) groups excluding carboxylic acids is 1. The molecule has 3 nitrogen and oxygen atoms in total. The Labute approximate surface area is 138 Å². The molecule has 1 aromatic heterocycles. The van der Waals surface area contributed by atoms with Crippen molar-refractivity contribution in [2.45, 2.75) is 0 Å². The van der Waals surface area contributed by atoms with Gasteiger partial charge in [-0.3, -0.25) is 9.59 Å². The summed E-state index contributed by atoms with van der Waals surface area (Å²) in [5.41, 5.74) is -1.66. The topological polar surface area (TPSA) is 47.3 Å². The highest BCUT2D eigenvalue weighted by Crippen LogP contribution is 2.30. The maximum atomic E-state index is 14.0. The fourth-order valence-electron chi connectivity index (χ4n) is 2.21. The van der Waals surface area contributed by atoms with Crippen LogP contribution in [0.25, 0.3) is 22.3 Å². The quantitative estimate of drug-likeness (QED) is 0.622. The van der Waals surface area contributed by atoms with Gasteiger partial charge in [0, 0.05) is 11.1 Å². The van der Waals surface area contributed by atoms with E-state index in [1.807, 2.05) is 0 Å². The number of benzene rings is 2. The van der Waals surface area contributed by atoms with Crippen LogP contribution >= 0.6 is 23.2 Å². The molecule has 2 aromatic carbocycles. The second kappa shape index (κ2) is 5.76. The van der Waals surface area contributed by atoms with Crippen molar-refractivity contribution in [1.29, 1.82) is 0 Å². The summed E-state index contributed by atoms with van der Waals surface area (Å²) < 4.78 is 32.9. The smallest absolute Gasteiger partial charge is 0.260 e. The van der Waals surface area contributed by atoms with Gasteiger partial charge in [0.05, 0.1) is 10.9 Å². The highest BCUT2D eigenvalue weighted by Gasteiger charge is 2.23. The van der Waals surface area contributed by atoms with Crippen LogP contribution in [0.15, 0.2) is 45.6 Å². The lowest BCUT2D eigenvalue weighted by Gasteiger charge is -2.08. The monoisotopic (exact) mass is 354 g/mol. The van der Waals surface area contributed by atoms with E-state index in [1.165, 1.54) is 18.2 Å². The zero-order valence-electron chi connectivity index (χ0n) is 11.2. The van der Waals surface area contributed by atoms with E-state index in [9.17, 15) is 18.4 Å². The van der Waals surface area contributed by atoms with Crippen molar-refractivity contribution in [3.05, 3.63) is 68.8 Å². The van der Waals surface area contributed by atoms with E-state index in [2.05, 4.69) is 0 Å². The van der Waals surface area contributed by atoms with Crippen molar-refractivity contribution in [2.75, 3.05) is 0 Å². The molecule has 116 valence electrons. The van der Waals surface area contributed by atoms with Gasteiger partial charge in [-0.15, -0.1) is 0 Å². The summed E-state index contributed by atoms with van der Waals surface area (Å²) in [5.74, 6) is -2.07. The minimum atomic E-state index is -1.13. The van der Waals surface area contributed by atoms with Crippen molar-refractivity contribution in [2.24, 2.45) is 0 Å². The molecule has 0 aliphatic carbocycles. The van der Waals surface area contributed by atoms with Gasteiger partial charge in [0.25, 0.3) is 5.24 Å². The first-order valence-corrected chi connectivity index (χ1v) is 7.05. The van der Waals surface area contributed by atoms with Crippen LogP contribution in [-0.4, -0.2) is 5.24 Å². The van der Waals surface area contributed by atoms with Crippen molar-refractivity contribution in [1.82, 2.24) is 0 Å². The highest BCUT2D eigenvalue weighted by molar-refractivity contribution is 6.68. The number of hydrogen-bond donors (Lipinski definition) is 0.